The zero-order valence-corrected chi connectivity index (χ0v) is 14.7. The number of fused-ring (bicyclic) bond motifs is 4. The van der Waals surface area contributed by atoms with Gasteiger partial charge in [0, 0.05) is 24.2 Å². The fourth-order valence-corrected chi connectivity index (χ4v) is 4.78. The molecule has 0 radical (unpaired) electrons. The molecule has 0 spiro atoms. The van der Waals surface area contributed by atoms with E-state index in [2.05, 4.69) is 16.8 Å². The number of rotatable bonds is 3. The van der Waals surface area contributed by atoms with Gasteiger partial charge in [-0.05, 0) is 55.0 Å². The van der Waals surface area contributed by atoms with Crippen molar-refractivity contribution in [2.24, 2.45) is 11.8 Å². The minimum absolute atomic E-state index is 0.0319. The van der Waals surface area contributed by atoms with E-state index >= 15 is 0 Å². The van der Waals surface area contributed by atoms with Crippen LogP contribution in [0.1, 0.15) is 43.4 Å². The second kappa shape index (κ2) is 6.50. The molecule has 3 saturated heterocycles. The molecule has 1 unspecified atom stereocenters. The highest BCUT2D eigenvalue weighted by atomic mass is 19.4. The predicted octanol–water partition coefficient (Wildman–Crippen LogP) is 4.41. The molecule has 6 heteroatoms. The number of benzene rings is 1. The topological polar surface area (TPSA) is 36.4 Å². The normalized spacial score (nSPS) is 29.9. The van der Waals surface area contributed by atoms with Crippen LogP contribution in [0.3, 0.4) is 0 Å². The molecule has 0 aliphatic carbocycles. The molecular weight excluding hydrogens is 341 g/mol. The molecule has 2 bridgehead atoms. The van der Waals surface area contributed by atoms with Gasteiger partial charge in [-0.1, -0.05) is 19.4 Å². The van der Waals surface area contributed by atoms with E-state index in [0.717, 1.165) is 38.1 Å². The zero-order valence-electron chi connectivity index (χ0n) is 14.7. The summed E-state index contributed by atoms with van der Waals surface area (Å²) < 4.78 is 38.9. The number of hydrogen-bond acceptors (Lipinski definition) is 3. The number of piperidine rings is 3. The Morgan fingerprint density at radius 1 is 1.31 bits per heavy atom. The van der Waals surface area contributed by atoms with Gasteiger partial charge in [0.05, 0.1) is 17.2 Å². The second-order valence-electron chi connectivity index (χ2n) is 7.59. The van der Waals surface area contributed by atoms with Crippen molar-refractivity contribution in [1.82, 2.24) is 9.88 Å². The summed E-state index contributed by atoms with van der Waals surface area (Å²) in [4.78, 5) is 6.45. The molecule has 3 aliphatic rings. The average Bonchev–Trinajstić information content (AvgIpc) is 2.66. The lowest BCUT2D eigenvalue weighted by Gasteiger charge is -2.51. The smallest absolute Gasteiger partial charge is 0.387 e. The number of pyridine rings is 1. The van der Waals surface area contributed by atoms with Crippen molar-refractivity contribution < 1.29 is 18.3 Å². The largest absolute Gasteiger partial charge is 0.416 e. The zero-order chi connectivity index (χ0) is 18.5. The fraction of sp³-hybridized carbons (Fsp3) is 0.550. The summed E-state index contributed by atoms with van der Waals surface area (Å²) >= 11 is 0. The maximum absolute atomic E-state index is 13.0. The molecule has 5 atom stereocenters. The first-order valence-corrected chi connectivity index (χ1v) is 9.26. The van der Waals surface area contributed by atoms with Gasteiger partial charge in [0.1, 0.15) is 0 Å². The van der Waals surface area contributed by atoms with E-state index in [0.29, 0.717) is 22.8 Å². The second-order valence-corrected chi connectivity index (χ2v) is 7.59. The van der Waals surface area contributed by atoms with Crippen LogP contribution >= 0.6 is 0 Å². The lowest BCUT2D eigenvalue weighted by atomic mass is 9.72. The summed E-state index contributed by atoms with van der Waals surface area (Å²) in [6.07, 6.45) is -0.335. The van der Waals surface area contributed by atoms with Gasteiger partial charge < -0.3 is 5.11 Å². The maximum atomic E-state index is 13.0. The van der Waals surface area contributed by atoms with Crippen molar-refractivity contribution in [3.05, 3.63) is 41.6 Å². The molecule has 1 aromatic carbocycles. The third kappa shape index (κ3) is 2.99. The van der Waals surface area contributed by atoms with Crippen molar-refractivity contribution in [2.75, 3.05) is 13.1 Å². The third-order valence-electron chi connectivity index (χ3n) is 6.25. The van der Waals surface area contributed by atoms with Gasteiger partial charge >= 0.3 is 6.18 Å². The first kappa shape index (κ1) is 17.7. The monoisotopic (exact) mass is 364 g/mol. The standard InChI is InChI=1S/C20H23F3N2O/c1-2-12-11-25-8-6-13(12)9-18(25)19(26)16-5-7-24-17-10-14(20(21,22)23)3-4-15(16)17/h3-5,7,10,12-13,18-19,26H,2,6,8-9,11H2,1H3/t12-,13+,18-,19+/m0/s1. The van der Waals surface area contributed by atoms with E-state index in [1.165, 1.54) is 18.7 Å². The molecule has 5 rings (SSSR count). The molecule has 2 aromatic rings. The first-order valence-electron chi connectivity index (χ1n) is 9.26. The van der Waals surface area contributed by atoms with Gasteiger partial charge in [-0.25, -0.2) is 0 Å². The van der Waals surface area contributed by atoms with E-state index in [1.807, 2.05) is 0 Å². The van der Waals surface area contributed by atoms with Crippen LogP contribution in [0.4, 0.5) is 13.2 Å². The highest BCUT2D eigenvalue weighted by Gasteiger charge is 2.42. The Kier molecular flexibility index (Phi) is 4.43. The number of aliphatic hydroxyl groups excluding tert-OH is 1. The van der Waals surface area contributed by atoms with Crippen molar-refractivity contribution >= 4 is 10.9 Å². The maximum Gasteiger partial charge on any atom is 0.416 e. The minimum Gasteiger partial charge on any atom is -0.387 e. The Hall–Kier alpha value is -1.66. The Labute approximate surface area is 150 Å². The summed E-state index contributed by atoms with van der Waals surface area (Å²) in [7, 11) is 0. The Bertz CT molecular complexity index is 807. The van der Waals surface area contributed by atoms with Crippen molar-refractivity contribution in [2.45, 2.75) is 44.5 Å². The van der Waals surface area contributed by atoms with E-state index in [4.69, 9.17) is 0 Å². The van der Waals surface area contributed by atoms with E-state index in [-0.39, 0.29) is 11.6 Å². The lowest BCUT2D eigenvalue weighted by Crippen LogP contribution is -2.55. The number of alkyl halides is 3. The molecule has 3 aliphatic heterocycles. The number of aromatic nitrogens is 1. The Morgan fingerprint density at radius 2 is 2.12 bits per heavy atom. The molecule has 140 valence electrons. The lowest BCUT2D eigenvalue weighted by molar-refractivity contribution is -0.137. The SMILES string of the molecule is CC[C@H]1CN2CC[C@@H]1C[C@H]2[C@H](O)c1ccnc2cc(C(F)(F)F)ccc12. The van der Waals surface area contributed by atoms with E-state index in [9.17, 15) is 18.3 Å². The molecule has 0 amide bonds. The molecule has 1 aromatic heterocycles. The minimum atomic E-state index is -4.39. The van der Waals surface area contributed by atoms with Gasteiger partial charge in [-0.2, -0.15) is 13.2 Å². The first-order chi connectivity index (χ1) is 12.4. The van der Waals surface area contributed by atoms with Gasteiger partial charge in [0.2, 0.25) is 0 Å². The van der Waals surface area contributed by atoms with Crippen LogP contribution < -0.4 is 0 Å². The molecule has 26 heavy (non-hydrogen) atoms. The highest BCUT2D eigenvalue weighted by molar-refractivity contribution is 5.83. The summed E-state index contributed by atoms with van der Waals surface area (Å²) in [6, 6.07) is 5.34. The highest BCUT2D eigenvalue weighted by Crippen LogP contribution is 2.43. The van der Waals surface area contributed by atoms with Crippen LogP contribution in [0.2, 0.25) is 0 Å². The van der Waals surface area contributed by atoms with Crippen LogP contribution in [0.15, 0.2) is 30.5 Å². The molecule has 0 saturated carbocycles. The van der Waals surface area contributed by atoms with Gasteiger partial charge in [-0.15, -0.1) is 0 Å². The summed E-state index contributed by atoms with van der Waals surface area (Å²) in [5.41, 5.74) is 0.239. The molecule has 3 nitrogen and oxygen atoms in total. The molecule has 3 fully saturated rings. The number of nitrogens with zero attached hydrogens (tertiary/aromatic N) is 2. The van der Waals surface area contributed by atoms with Crippen molar-refractivity contribution in [3.8, 4) is 0 Å². The summed E-state index contributed by atoms with van der Waals surface area (Å²) in [5, 5.41) is 11.7. The quantitative estimate of drug-likeness (QED) is 0.877. The third-order valence-corrected chi connectivity index (χ3v) is 6.25. The number of halogens is 3. The number of aliphatic hydroxyl groups is 1. The predicted molar refractivity (Wildman–Crippen MR) is 93.6 cm³/mol. The molecule has 4 heterocycles. The van der Waals surface area contributed by atoms with Gasteiger partial charge in [0.15, 0.2) is 0 Å². The summed E-state index contributed by atoms with van der Waals surface area (Å²) in [6.45, 7) is 4.21. The van der Waals surface area contributed by atoms with Crippen molar-refractivity contribution in [3.63, 3.8) is 0 Å². The summed E-state index contributed by atoms with van der Waals surface area (Å²) in [5.74, 6) is 1.32. The van der Waals surface area contributed by atoms with Crippen LogP contribution in [-0.2, 0) is 6.18 Å². The van der Waals surface area contributed by atoms with Crippen LogP contribution in [0, 0.1) is 11.8 Å². The Balaban J connectivity index is 1.66. The molecule has 1 N–H and O–H groups in total. The Morgan fingerprint density at radius 3 is 2.77 bits per heavy atom. The molecular formula is C20H23F3N2O. The average molecular weight is 364 g/mol. The van der Waals surface area contributed by atoms with Crippen LogP contribution in [0.25, 0.3) is 10.9 Å². The van der Waals surface area contributed by atoms with Crippen LogP contribution in [0.5, 0.6) is 0 Å². The van der Waals surface area contributed by atoms with Gasteiger partial charge in [-0.3, -0.25) is 9.88 Å². The fourth-order valence-electron chi connectivity index (χ4n) is 4.78. The van der Waals surface area contributed by atoms with E-state index < -0.39 is 17.8 Å². The van der Waals surface area contributed by atoms with Crippen molar-refractivity contribution in [1.29, 1.82) is 0 Å². The van der Waals surface area contributed by atoms with Crippen LogP contribution in [-0.4, -0.2) is 34.1 Å². The van der Waals surface area contributed by atoms with E-state index in [1.54, 1.807) is 6.07 Å². The number of hydrogen-bond donors (Lipinski definition) is 1. The van der Waals surface area contributed by atoms with Gasteiger partial charge in [0.25, 0.3) is 0 Å².